The molecule has 1 aliphatic rings. The summed E-state index contributed by atoms with van der Waals surface area (Å²) in [5, 5.41) is 3.36. The van der Waals surface area contributed by atoms with Crippen LogP contribution in [0.4, 0.5) is 0 Å². The maximum atomic E-state index is 12.8. The maximum absolute atomic E-state index is 12.8. The topological polar surface area (TPSA) is 76.2 Å². The minimum Gasteiger partial charge on any atom is -0.444 e. The molecular weight excluding hydrogens is 374 g/mol. The highest BCUT2D eigenvalue weighted by Crippen LogP contribution is 2.23. The summed E-state index contributed by atoms with van der Waals surface area (Å²) in [5.74, 6) is 2.70. The molecule has 146 valence electrons. The van der Waals surface area contributed by atoms with Crippen molar-refractivity contribution in [1.82, 2.24) is 24.8 Å². The van der Waals surface area contributed by atoms with Crippen LogP contribution in [0.5, 0.6) is 0 Å². The quantitative estimate of drug-likeness (QED) is 0.689. The van der Waals surface area contributed by atoms with Gasteiger partial charge >= 0.3 is 0 Å². The first-order chi connectivity index (χ1) is 13.7. The van der Waals surface area contributed by atoms with Gasteiger partial charge in [0.25, 0.3) is 0 Å². The zero-order chi connectivity index (χ0) is 19.3. The summed E-state index contributed by atoms with van der Waals surface area (Å²) in [6.07, 6.45) is 5.35. The van der Waals surface area contributed by atoms with Crippen LogP contribution in [0.2, 0.25) is 0 Å². The Balaban J connectivity index is 1.34. The van der Waals surface area contributed by atoms with E-state index in [-0.39, 0.29) is 11.9 Å². The molecule has 1 aromatic carbocycles. The second-order valence-electron chi connectivity index (χ2n) is 6.71. The van der Waals surface area contributed by atoms with Crippen LogP contribution in [0, 0.1) is 0 Å². The van der Waals surface area contributed by atoms with Crippen LogP contribution in [-0.4, -0.2) is 50.7 Å². The lowest BCUT2D eigenvalue weighted by Crippen LogP contribution is -2.50. The number of amides is 1. The van der Waals surface area contributed by atoms with E-state index >= 15 is 0 Å². The van der Waals surface area contributed by atoms with Gasteiger partial charge in [0, 0.05) is 50.4 Å². The summed E-state index contributed by atoms with van der Waals surface area (Å²) >= 11 is 1.56. The lowest BCUT2D eigenvalue weighted by Gasteiger charge is -2.35. The fraction of sp³-hybridized carbons (Fsp3) is 0.350. The molecule has 1 saturated heterocycles. The van der Waals surface area contributed by atoms with Gasteiger partial charge in [-0.25, -0.2) is 9.97 Å². The molecule has 1 aliphatic heterocycles. The fourth-order valence-corrected chi connectivity index (χ4v) is 4.13. The molecular formula is C20H23N5O2S. The third-order valence-corrected chi connectivity index (χ3v) is 5.72. The van der Waals surface area contributed by atoms with Crippen LogP contribution in [0.3, 0.4) is 0 Å². The lowest BCUT2D eigenvalue weighted by atomic mass is 10.1. The molecule has 0 spiro atoms. The predicted molar refractivity (Wildman–Crippen MR) is 109 cm³/mol. The summed E-state index contributed by atoms with van der Waals surface area (Å²) in [7, 11) is 1.96. The molecule has 1 atom stereocenters. The largest absolute Gasteiger partial charge is 0.444 e. The molecule has 0 radical (unpaired) electrons. The summed E-state index contributed by atoms with van der Waals surface area (Å²) in [6, 6.07) is 9.78. The minimum absolute atomic E-state index is 0.0291. The molecule has 2 aromatic heterocycles. The van der Waals surface area contributed by atoms with Gasteiger partial charge in [-0.2, -0.15) is 0 Å². The third-order valence-electron chi connectivity index (χ3n) is 4.77. The number of benzene rings is 1. The fourth-order valence-electron chi connectivity index (χ4n) is 3.34. The van der Waals surface area contributed by atoms with Crippen LogP contribution in [-0.2, 0) is 17.6 Å². The first kappa shape index (κ1) is 18.8. The lowest BCUT2D eigenvalue weighted by molar-refractivity contribution is -0.131. The summed E-state index contributed by atoms with van der Waals surface area (Å²) in [5.41, 5.74) is 1.80. The van der Waals surface area contributed by atoms with E-state index in [0.29, 0.717) is 23.9 Å². The molecule has 1 fully saturated rings. The average molecular weight is 398 g/mol. The number of aromatic nitrogens is 3. The van der Waals surface area contributed by atoms with Gasteiger partial charge < -0.3 is 19.2 Å². The Kier molecular flexibility index (Phi) is 5.78. The van der Waals surface area contributed by atoms with Crippen molar-refractivity contribution in [2.24, 2.45) is 7.05 Å². The molecule has 3 aromatic rings. The Bertz CT molecular complexity index is 924. The van der Waals surface area contributed by atoms with Crippen molar-refractivity contribution in [3.05, 3.63) is 60.5 Å². The Labute approximate surface area is 168 Å². The minimum atomic E-state index is -0.0291. The van der Waals surface area contributed by atoms with E-state index in [4.69, 9.17) is 4.42 Å². The monoisotopic (exact) mass is 397 g/mol. The average Bonchev–Trinajstić information content (AvgIpc) is 3.38. The second kappa shape index (κ2) is 8.62. The number of imidazole rings is 1. The highest BCUT2D eigenvalue weighted by Gasteiger charge is 2.30. The molecule has 8 heteroatoms. The highest BCUT2D eigenvalue weighted by atomic mass is 32.2. The summed E-state index contributed by atoms with van der Waals surface area (Å²) in [4.78, 5) is 23.7. The normalized spacial score (nSPS) is 17.0. The van der Waals surface area contributed by atoms with Crippen molar-refractivity contribution >= 4 is 17.7 Å². The Hall–Kier alpha value is -2.58. The van der Waals surface area contributed by atoms with Crippen LogP contribution >= 0.6 is 11.8 Å². The Morgan fingerprint density at radius 3 is 3.00 bits per heavy atom. The zero-order valence-corrected chi connectivity index (χ0v) is 16.6. The van der Waals surface area contributed by atoms with Gasteiger partial charge in [-0.05, 0) is 12.1 Å². The van der Waals surface area contributed by atoms with Crippen molar-refractivity contribution in [3.63, 3.8) is 0 Å². The van der Waals surface area contributed by atoms with E-state index in [2.05, 4.69) is 15.3 Å². The zero-order valence-electron chi connectivity index (χ0n) is 15.7. The number of thioether (sulfide) groups is 1. The van der Waals surface area contributed by atoms with Crippen molar-refractivity contribution < 1.29 is 9.21 Å². The van der Waals surface area contributed by atoms with Gasteiger partial charge in [-0.3, -0.25) is 4.79 Å². The SMILES string of the molecule is Cn1ccnc1C1CNCCN1C(=O)CSCc1coc(-c2ccccc2)n1. The number of oxazole rings is 1. The molecule has 1 N–H and O–H groups in total. The number of aryl methyl sites for hydroxylation is 1. The van der Waals surface area contributed by atoms with Gasteiger partial charge in [0.2, 0.25) is 11.8 Å². The van der Waals surface area contributed by atoms with Crippen molar-refractivity contribution in [2.75, 3.05) is 25.4 Å². The van der Waals surface area contributed by atoms with Crippen molar-refractivity contribution in [1.29, 1.82) is 0 Å². The molecule has 4 rings (SSSR count). The van der Waals surface area contributed by atoms with Crippen LogP contribution < -0.4 is 5.32 Å². The molecule has 3 heterocycles. The van der Waals surface area contributed by atoms with Crippen molar-refractivity contribution in [3.8, 4) is 11.5 Å². The van der Waals surface area contributed by atoms with E-state index in [9.17, 15) is 4.79 Å². The summed E-state index contributed by atoms with van der Waals surface area (Å²) in [6.45, 7) is 2.23. The summed E-state index contributed by atoms with van der Waals surface area (Å²) < 4.78 is 7.54. The number of nitrogens with one attached hydrogen (secondary N) is 1. The number of rotatable bonds is 6. The maximum Gasteiger partial charge on any atom is 0.233 e. The number of hydrogen-bond acceptors (Lipinski definition) is 6. The number of nitrogens with zero attached hydrogens (tertiary/aromatic N) is 4. The van der Waals surface area contributed by atoms with Gasteiger partial charge in [-0.15, -0.1) is 11.8 Å². The van der Waals surface area contributed by atoms with Crippen molar-refractivity contribution in [2.45, 2.75) is 11.8 Å². The predicted octanol–water partition coefficient (Wildman–Crippen LogP) is 2.48. The standard InChI is InChI=1S/C20H23N5O2S/c1-24-9-8-22-19(24)17-11-21-7-10-25(17)18(26)14-28-13-16-12-27-20(23-16)15-5-3-2-4-6-15/h2-6,8-9,12,17,21H,7,10-11,13-14H2,1H3. The molecule has 7 nitrogen and oxygen atoms in total. The number of carbonyl (C=O) groups is 1. The van der Waals surface area contributed by atoms with E-state index in [1.165, 1.54) is 0 Å². The van der Waals surface area contributed by atoms with Crippen LogP contribution in [0.1, 0.15) is 17.6 Å². The Morgan fingerprint density at radius 1 is 1.36 bits per heavy atom. The van der Waals surface area contributed by atoms with Crippen LogP contribution in [0.15, 0.2) is 53.4 Å². The highest BCUT2D eigenvalue weighted by molar-refractivity contribution is 7.99. The van der Waals surface area contributed by atoms with Gasteiger partial charge in [-0.1, -0.05) is 18.2 Å². The van der Waals surface area contributed by atoms with Gasteiger partial charge in [0.05, 0.1) is 11.4 Å². The molecule has 28 heavy (non-hydrogen) atoms. The van der Waals surface area contributed by atoms with E-state index in [1.807, 2.05) is 53.0 Å². The number of piperazine rings is 1. The van der Waals surface area contributed by atoms with Gasteiger partial charge in [0.15, 0.2) is 0 Å². The number of carbonyl (C=O) groups excluding carboxylic acids is 1. The number of hydrogen-bond donors (Lipinski definition) is 1. The van der Waals surface area contributed by atoms with E-state index in [1.54, 1.807) is 24.2 Å². The third kappa shape index (κ3) is 4.13. The van der Waals surface area contributed by atoms with Gasteiger partial charge in [0.1, 0.15) is 18.1 Å². The van der Waals surface area contributed by atoms with Crippen LogP contribution in [0.25, 0.3) is 11.5 Å². The second-order valence-corrected chi connectivity index (χ2v) is 7.69. The van der Waals surface area contributed by atoms with E-state index < -0.39 is 0 Å². The first-order valence-electron chi connectivity index (χ1n) is 9.27. The smallest absolute Gasteiger partial charge is 0.233 e. The molecule has 1 amide bonds. The molecule has 0 bridgehead atoms. The molecule has 1 unspecified atom stereocenters. The van der Waals surface area contributed by atoms with E-state index in [0.717, 1.165) is 30.2 Å². The molecule has 0 saturated carbocycles. The molecule has 0 aliphatic carbocycles. The Morgan fingerprint density at radius 2 is 2.21 bits per heavy atom. The first-order valence-corrected chi connectivity index (χ1v) is 10.4.